The second-order valence-electron chi connectivity index (χ2n) is 3.94. The molecular formula is C14H9BrClFN2. The summed E-state index contributed by atoms with van der Waals surface area (Å²) in [6.07, 6.45) is 0. The lowest BCUT2D eigenvalue weighted by molar-refractivity contribution is 0.625. The molecule has 0 radical (unpaired) electrons. The molecule has 0 bridgehead atoms. The lowest BCUT2D eigenvalue weighted by Gasteiger charge is -2.09. The minimum absolute atomic E-state index is 0.304. The lowest BCUT2D eigenvalue weighted by Crippen LogP contribution is -2.01. The van der Waals surface area contributed by atoms with E-state index in [0.29, 0.717) is 22.7 Å². The van der Waals surface area contributed by atoms with E-state index in [0.717, 1.165) is 10.2 Å². The molecule has 0 aliphatic rings. The molecule has 2 nitrogen and oxygen atoms in total. The maximum Gasteiger partial charge on any atom is 0.124 e. The van der Waals surface area contributed by atoms with Gasteiger partial charge in [-0.1, -0.05) is 27.5 Å². The van der Waals surface area contributed by atoms with E-state index in [2.05, 4.69) is 21.2 Å². The van der Waals surface area contributed by atoms with E-state index < -0.39 is 5.82 Å². The minimum atomic E-state index is -0.419. The Kier molecular flexibility index (Phi) is 4.41. The Morgan fingerprint density at radius 3 is 2.74 bits per heavy atom. The van der Waals surface area contributed by atoms with Gasteiger partial charge in [0.25, 0.3) is 0 Å². The van der Waals surface area contributed by atoms with Crippen molar-refractivity contribution >= 4 is 33.2 Å². The zero-order valence-electron chi connectivity index (χ0n) is 9.75. The van der Waals surface area contributed by atoms with Crippen LogP contribution >= 0.6 is 27.5 Å². The van der Waals surface area contributed by atoms with Crippen LogP contribution in [0.5, 0.6) is 0 Å². The topological polar surface area (TPSA) is 35.8 Å². The molecular weight excluding hydrogens is 331 g/mol. The molecule has 5 heteroatoms. The van der Waals surface area contributed by atoms with Gasteiger partial charge >= 0.3 is 0 Å². The summed E-state index contributed by atoms with van der Waals surface area (Å²) in [5.74, 6) is -0.419. The van der Waals surface area contributed by atoms with Gasteiger partial charge in [0.1, 0.15) is 5.82 Å². The monoisotopic (exact) mass is 338 g/mol. The summed E-state index contributed by atoms with van der Waals surface area (Å²) in [6, 6.07) is 11.6. The highest BCUT2D eigenvalue weighted by Gasteiger charge is 2.03. The second-order valence-corrected chi connectivity index (χ2v) is 5.26. The van der Waals surface area contributed by atoms with Crippen LogP contribution in [0.3, 0.4) is 0 Å². The van der Waals surface area contributed by atoms with Crippen molar-refractivity contribution in [3.05, 3.63) is 62.8 Å². The van der Waals surface area contributed by atoms with Crippen LogP contribution in [-0.4, -0.2) is 0 Å². The third kappa shape index (κ3) is 3.69. The maximum atomic E-state index is 13.3. The lowest BCUT2D eigenvalue weighted by atomic mass is 10.1. The third-order valence-electron chi connectivity index (χ3n) is 2.50. The highest BCUT2D eigenvalue weighted by Crippen LogP contribution is 2.26. The number of nitriles is 1. The van der Waals surface area contributed by atoms with Crippen LogP contribution in [0.4, 0.5) is 10.1 Å². The molecule has 0 unspecified atom stereocenters. The number of benzene rings is 2. The van der Waals surface area contributed by atoms with Crippen LogP contribution in [0.2, 0.25) is 5.02 Å². The van der Waals surface area contributed by atoms with E-state index >= 15 is 0 Å². The van der Waals surface area contributed by atoms with Crippen LogP contribution in [-0.2, 0) is 6.54 Å². The predicted octanol–water partition coefficient (Wildman–Crippen LogP) is 4.73. The standard InChI is InChI=1S/C14H9BrClFN2/c15-11-1-2-14(13(16)6-11)19-8-10-3-9(7-18)4-12(17)5-10/h1-6,19H,8H2. The molecule has 0 saturated carbocycles. The van der Waals surface area contributed by atoms with Gasteiger partial charge in [-0.05, 0) is 42.0 Å². The van der Waals surface area contributed by atoms with E-state index in [9.17, 15) is 4.39 Å². The molecule has 96 valence electrons. The van der Waals surface area contributed by atoms with Gasteiger partial charge in [-0.3, -0.25) is 0 Å². The molecule has 0 spiro atoms. The molecule has 0 amide bonds. The number of hydrogen-bond acceptors (Lipinski definition) is 2. The fraction of sp³-hybridized carbons (Fsp3) is 0.0714. The van der Waals surface area contributed by atoms with E-state index in [1.54, 1.807) is 12.1 Å². The van der Waals surface area contributed by atoms with Crippen molar-refractivity contribution < 1.29 is 4.39 Å². The fourth-order valence-corrected chi connectivity index (χ4v) is 2.39. The first kappa shape index (κ1) is 13.9. The molecule has 2 aromatic rings. The van der Waals surface area contributed by atoms with E-state index in [1.165, 1.54) is 12.1 Å². The highest BCUT2D eigenvalue weighted by molar-refractivity contribution is 9.10. The molecule has 0 heterocycles. The number of nitrogens with zero attached hydrogens (tertiary/aromatic N) is 1. The summed E-state index contributed by atoms with van der Waals surface area (Å²) in [5.41, 5.74) is 1.75. The Hall–Kier alpha value is -1.57. The molecule has 0 aliphatic carbocycles. The predicted molar refractivity (Wildman–Crippen MR) is 77.6 cm³/mol. The third-order valence-corrected chi connectivity index (χ3v) is 3.31. The van der Waals surface area contributed by atoms with E-state index in [1.807, 2.05) is 18.2 Å². The van der Waals surface area contributed by atoms with Crippen LogP contribution in [0.25, 0.3) is 0 Å². The molecule has 0 atom stereocenters. The first-order chi connectivity index (χ1) is 9.08. The molecule has 2 aromatic carbocycles. The molecule has 0 aliphatic heterocycles. The SMILES string of the molecule is N#Cc1cc(F)cc(CNc2ccc(Br)cc2Cl)c1. The van der Waals surface area contributed by atoms with Crippen molar-refractivity contribution in [3.8, 4) is 6.07 Å². The molecule has 0 saturated heterocycles. The fourth-order valence-electron chi connectivity index (χ4n) is 1.65. The van der Waals surface area contributed by atoms with Crippen LogP contribution in [0.1, 0.15) is 11.1 Å². The molecule has 2 rings (SSSR count). The largest absolute Gasteiger partial charge is 0.380 e. The molecule has 19 heavy (non-hydrogen) atoms. The van der Waals surface area contributed by atoms with Crippen molar-refractivity contribution in [1.82, 2.24) is 0 Å². The van der Waals surface area contributed by atoms with E-state index in [4.69, 9.17) is 16.9 Å². The number of hydrogen-bond donors (Lipinski definition) is 1. The van der Waals surface area contributed by atoms with Crippen molar-refractivity contribution in [2.45, 2.75) is 6.54 Å². The van der Waals surface area contributed by atoms with Crippen LogP contribution in [0.15, 0.2) is 40.9 Å². The minimum Gasteiger partial charge on any atom is -0.380 e. The van der Waals surface area contributed by atoms with Crippen LogP contribution in [0, 0.1) is 17.1 Å². The smallest absolute Gasteiger partial charge is 0.124 e. The summed E-state index contributed by atoms with van der Waals surface area (Å²) in [5, 5.41) is 12.5. The van der Waals surface area contributed by atoms with Gasteiger partial charge in [-0.25, -0.2) is 4.39 Å². The maximum absolute atomic E-state index is 13.3. The van der Waals surface area contributed by atoms with Crippen molar-refractivity contribution in [1.29, 1.82) is 5.26 Å². The van der Waals surface area contributed by atoms with Crippen molar-refractivity contribution in [2.75, 3.05) is 5.32 Å². The van der Waals surface area contributed by atoms with Gasteiger partial charge in [0.05, 0.1) is 22.3 Å². The Bertz CT molecular complexity index is 652. The van der Waals surface area contributed by atoms with Gasteiger partial charge in [-0.15, -0.1) is 0 Å². The first-order valence-corrected chi connectivity index (χ1v) is 6.64. The summed E-state index contributed by atoms with van der Waals surface area (Å²) < 4.78 is 14.2. The Balaban J connectivity index is 2.14. The van der Waals surface area contributed by atoms with E-state index in [-0.39, 0.29) is 0 Å². The van der Waals surface area contributed by atoms with Gasteiger partial charge in [0, 0.05) is 11.0 Å². The average Bonchev–Trinajstić information content (AvgIpc) is 2.37. The summed E-state index contributed by atoms with van der Waals surface area (Å²) in [7, 11) is 0. The molecule has 1 N–H and O–H groups in total. The van der Waals surface area contributed by atoms with Crippen LogP contribution < -0.4 is 5.32 Å². The average molecular weight is 340 g/mol. The van der Waals surface area contributed by atoms with Crippen molar-refractivity contribution in [2.24, 2.45) is 0 Å². The van der Waals surface area contributed by atoms with Gasteiger partial charge < -0.3 is 5.32 Å². The number of halogens is 3. The number of anilines is 1. The summed E-state index contributed by atoms with van der Waals surface area (Å²) in [4.78, 5) is 0. The second kappa shape index (κ2) is 6.05. The Morgan fingerprint density at radius 1 is 1.26 bits per heavy atom. The summed E-state index contributed by atoms with van der Waals surface area (Å²) >= 11 is 9.39. The Labute approximate surface area is 123 Å². The summed E-state index contributed by atoms with van der Waals surface area (Å²) in [6.45, 7) is 0.397. The van der Waals surface area contributed by atoms with Crippen molar-refractivity contribution in [3.63, 3.8) is 0 Å². The van der Waals surface area contributed by atoms with Gasteiger partial charge in [0.15, 0.2) is 0 Å². The zero-order valence-corrected chi connectivity index (χ0v) is 12.1. The highest BCUT2D eigenvalue weighted by atomic mass is 79.9. The molecule has 0 aromatic heterocycles. The first-order valence-electron chi connectivity index (χ1n) is 5.47. The molecule has 0 fully saturated rings. The number of nitrogens with one attached hydrogen (secondary N) is 1. The normalized spacial score (nSPS) is 10.0. The zero-order chi connectivity index (χ0) is 13.8. The van der Waals surface area contributed by atoms with Gasteiger partial charge in [0.2, 0.25) is 0 Å². The number of rotatable bonds is 3. The Morgan fingerprint density at radius 2 is 2.05 bits per heavy atom. The van der Waals surface area contributed by atoms with Gasteiger partial charge in [-0.2, -0.15) is 5.26 Å². The quantitative estimate of drug-likeness (QED) is 0.878.